The second-order valence-electron chi connectivity index (χ2n) is 5.59. The van der Waals surface area contributed by atoms with Gasteiger partial charge in [0.05, 0.1) is 11.7 Å². The van der Waals surface area contributed by atoms with Gasteiger partial charge >= 0.3 is 0 Å². The molecule has 1 aromatic heterocycles. The summed E-state index contributed by atoms with van der Waals surface area (Å²) in [6, 6.07) is 11.7. The summed E-state index contributed by atoms with van der Waals surface area (Å²) in [6.07, 6.45) is 1.78. The first-order valence-electron chi connectivity index (χ1n) is 7.20. The SMILES string of the molecule is Cc1ccc(C)c(C(=O)C(C)N(C)Cc2ccccn2)c1. The minimum Gasteiger partial charge on any atom is -0.292 e. The molecule has 0 radical (unpaired) electrons. The molecular weight excluding hydrogens is 260 g/mol. The number of benzene rings is 1. The molecule has 1 unspecified atom stereocenters. The Labute approximate surface area is 126 Å². The molecule has 2 rings (SSSR count). The van der Waals surface area contributed by atoms with Gasteiger partial charge in [-0.05, 0) is 51.6 Å². The van der Waals surface area contributed by atoms with Crippen molar-refractivity contribution in [2.45, 2.75) is 33.4 Å². The van der Waals surface area contributed by atoms with Crippen LogP contribution in [0.5, 0.6) is 0 Å². The highest BCUT2D eigenvalue weighted by Gasteiger charge is 2.21. The molecule has 0 spiro atoms. The summed E-state index contributed by atoms with van der Waals surface area (Å²) in [5.74, 6) is 0.162. The maximum absolute atomic E-state index is 12.7. The van der Waals surface area contributed by atoms with Crippen molar-refractivity contribution in [3.8, 4) is 0 Å². The number of aryl methyl sites for hydroxylation is 2. The zero-order chi connectivity index (χ0) is 15.4. The van der Waals surface area contributed by atoms with Gasteiger partial charge in [-0.15, -0.1) is 0 Å². The summed E-state index contributed by atoms with van der Waals surface area (Å²) in [6.45, 7) is 6.61. The molecule has 1 heterocycles. The van der Waals surface area contributed by atoms with Crippen molar-refractivity contribution in [2.75, 3.05) is 7.05 Å². The van der Waals surface area contributed by atoms with Crippen LogP contribution in [0.25, 0.3) is 0 Å². The third-order valence-electron chi connectivity index (χ3n) is 3.84. The van der Waals surface area contributed by atoms with E-state index >= 15 is 0 Å². The molecule has 0 saturated heterocycles. The molecule has 0 bridgehead atoms. The van der Waals surface area contributed by atoms with Crippen LogP contribution in [0.2, 0.25) is 0 Å². The molecule has 21 heavy (non-hydrogen) atoms. The van der Waals surface area contributed by atoms with Crippen LogP contribution in [-0.2, 0) is 6.54 Å². The van der Waals surface area contributed by atoms with Crippen LogP contribution in [0.15, 0.2) is 42.6 Å². The number of hydrogen-bond donors (Lipinski definition) is 0. The Morgan fingerprint density at radius 2 is 2.00 bits per heavy atom. The number of carbonyl (C=O) groups is 1. The highest BCUT2D eigenvalue weighted by molar-refractivity contribution is 6.01. The lowest BCUT2D eigenvalue weighted by molar-refractivity contribution is 0.0860. The van der Waals surface area contributed by atoms with Gasteiger partial charge in [0.25, 0.3) is 0 Å². The van der Waals surface area contributed by atoms with Crippen molar-refractivity contribution in [3.63, 3.8) is 0 Å². The monoisotopic (exact) mass is 282 g/mol. The van der Waals surface area contributed by atoms with Gasteiger partial charge in [0, 0.05) is 18.3 Å². The van der Waals surface area contributed by atoms with E-state index in [9.17, 15) is 4.79 Å². The van der Waals surface area contributed by atoms with Crippen molar-refractivity contribution in [1.82, 2.24) is 9.88 Å². The van der Waals surface area contributed by atoms with Crippen LogP contribution in [0.1, 0.15) is 34.1 Å². The molecule has 3 nitrogen and oxygen atoms in total. The van der Waals surface area contributed by atoms with E-state index < -0.39 is 0 Å². The van der Waals surface area contributed by atoms with Crippen LogP contribution in [0.3, 0.4) is 0 Å². The van der Waals surface area contributed by atoms with Crippen LogP contribution in [0.4, 0.5) is 0 Å². The van der Waals surface area contributed by atoms with Crippen molar-refractivity contribution in [3.05, 3.63) is 65.0 Å². The van der Waals surface area contributed by atoms with Gasteiger partial charge in [0.1, 0.15) is 0 Å². The topological polar surface area (TPSA) is 33.2 Å². The molecule has 0 aliphatic carbocycles. The number of nitrogens with zero attached hydrogens (tertiary/aromatic N) is 2. The molecule has 0 aliphatic heterocycles. The van der Waals surface area contributed by atoms with Gasteiger partial charge in [-0.1, -0.05) is 23.8 Å². The van der Waals surface area contributed by atoms with Crippen molar-refractivity contribution in [2.24, 2.45) is 0 Å². The second-order valence-corrected chi connectivity index (χ2v) is 5.59. The maximum Gasteiger partial charge on any atom is 0.179 e. The fourth-order valence-electron chi connectivity index (χ4n) is 2.31. The Morgan fingerprint density at radius 1 is 1.24 bits per heavy atom. The van der Waals surface area contributed by atoms with E-state index in [0.717, 1.165) is 22.4 Å². The Hall–Kier alpha value is -2.00. The van der Waals surface area contributed by atoms with Gasteiger partial charge < -0.3 is 0 Å². The zero-order valence-corrected chi connectivity index (χ0v) is 13.1. The van der Waals surface area contributed by atoms with Crippen LogP contribution >= 0.6 is 0 Å². The number of hydrogen-bond acceptors (Lipinski definition) is 3. The van der Waals surface area contributed by atoms with Gasteiger partial charge in [-0.3, -0.25) is 14.7 Å². The summed E-state index contributed by atoms with van der Waals surface area (Å²) < 4.78 is 0. The Kier molecular flexibility index (Phi) is 4.86. The van der Waals surface area contributed by atoms with E-state index in [1.807, 2.05) is 69.1 Å². The lowest BCUT2D eigenvalue weighted by Gasteiger charge is -2.24. The normalized spacial score (nSPS) is 12.4. The summed E-state index contributed by atoms with van der Waals surface area (Å²) >= 11 is 0. The quantitative estimate of drug-likeness (QED) is 0.788. The fourth-order valence-corrected chi connectivity index (χ4v) is 2.31. The van der Waals surface area contributed by atoms with E-state index in [0.29, 0.717) is 6.54 Å². The van der Waals surface area contributed by atoms with Gasteiger partial charge in [-0.25, -0.2) is 0 Å². The number of Topliss-reactive ketones (excluding diaryl/α,β-unsaturated/α-hetero) is 1. The lowest BCUT2D eigenvalue weighted by Crippen LogP contribution is -2.36. The first kappa shape index (κ1) is 15.4. The highest BCUT2D eigenvalue weighted by Crippen LogP contribution is 2.16. The molecule has 1 aromatic carbocycles. The zero-order valence-electron chi connectivity index (χ0n) is 13.1. The minimum atomic E-state index is -0.174. The standard InChI is InChI=1S/C18H22N2O/c1-13-8-9-14(2)17(11-13)18(21)15(3)20(4)12-16-7-5-6-10-19-16/h5-11,15H,12H2,1-4H3. The molecule has 110 valence electrons. The molecule has 3 heteroatoms. The first-order chi connectivity index (χ1) is 9.99. The molecule has 0 aliphatic rings. The predicted octanol–water partition coefficient (Wildman–Crippen LogP) is 3.40. The Balaban J connectivity index is 2.13. The van der Waals surface area contributed by atoms with Gasteiger partial charge in [0.15, 0.2) is 5.78 Å². The summed E-state index contributed by atoms with van der Waals surface area (Å²) in [5, 5.41) is 0. The van der Waals surface area contributed by atoms with Crippen molar-refractivity contribution in [1.29, 1.82) is 0 Å². The molecule has 0 saturated carbocycles. The van der Waals surface area contributed by atoms with E-state index in [4.69, 9.17) is 0 Å². The smallest absolute Gasteiger partial charge is 0.179 e. The Morgan fingerprint density at radius 3 is 2.67 bits per heavy atom. The van der Waals surface area contributed by atoms with E-state index in [1.165, 1.54) is 0 Å². The number of aromatic nitrogens is 1. The second kappa shape index (κ2) is 6.64. The van der Waals surface area contributed by atoms with Crippen LogP contribution < -0.4 is 0 Å². The highest BCUT2D eigenvalue weighted by atomic mass is 16.1. The fraction of sp³-hybridized carbons (Fsp3) is 0.333. The molecular formula is C18H22N2O. The van der Waals surface area contributed by atoms with Crippen molar-refractivity contribution >= 4 is 5.78 Å². The third kappa shape index (κ3) is 3.76. The summed E-state index contributed by atoms with van der Waals surface area (Å²) in [4.78, 5) is 19.0. The summed E-state index contributed by atoms with van der Waals surface area (Å²) in [7, 11) is 1.96. The Bertz CT molecular complexity index is 622. The van der Waals surface area contributed by atoms with Gasteiger partial charge in [0.2, 0.25) is 0 Å². The maximum atomic E-state index is 12.7. The molecule has 0 fully saturated rings. The van der Waals surface area contributed by atoms with E-state index in [-0.39, 0.29) is 11.8 Å². The lowest BCUT2D eigenvalue weighted by atomic mass is 9.97. The number of carbonyl (C=O) groups excluding carboxylic acids is 1. The number of rotatable bonds is 5. The van der Waals surface area contributed by atoms with Crippen LogP contribution in [-0.4, -0.2) is 28.8 Å². The number of ketones is 1. The van der Waals surface area contributed by atoms with Crippen LogP contribution in [0, 0.1) is 13.8 Å². The summed E-state index contributed by atoms with van der Waals surface area (Å²) in [5.41, 5.74) is 3.93. The molecule has 2 aromatic rings. The number of likely N-dealkylation sites (N-methyl/N-ethyl adjacent to an activating group) is 1. The van der Waals surface area contributed by atoms with E-state index in [2.05, 4.69) is 4.98 Å². The largest absolute Gasteiger partial charge is 0.292 e. The van der Waals surface area contributed by atoms with Gasteiger partial charge in [-0.2, -0.15) is 0 Å². The first-order valence-corrected chi connectivity index (χ1v) is 7.20. The third-order valence-corrected chi connectivity index (χ3v) is 3.84. The average Bonchev–Trinajstić information content (AvgIpc) is 2.49. The molecule has 0 N–H and O–H groups in total. The molecule has 0 amide bonds. The predicted molar refractivity (Wildman–Crippen MR) is 85.4 cm³/mol. The van der Waals surface area contributed by atoms with E-state index in [1.54, 1.807) is 6.20 Å². The van der Waals surface area contributed by atoms with Crippen molar-refractivity contribution < 1.29 is 4.79 Å². The molecule has 1 atom stereocenters. The minimum absolute atomic E-state index is 0.162. The average molecular weight is 282 g/mol. The number of pyridine rings is 1.